The van der Waals surface area contributed by atoms with E-state index in [0.717, 1.165) is 23.0 Å². The van der Waals surface area contributed by atoms with Gasteiger partial charge in [-0.3, -0.25) is 9.79 Å². The fourth-order valence-corrected chi connectivity index (χ4v) is 2.65. The van der Waals surface area contributed by atoms with E-state index in [-0.39, 0.29) is 5.91 Å². The van der Waals surface area contributed by atoms with Crippen molar-refractivity contribution in [2.24, 2.45) is 4.99 Å². The zero-order valence-corrected chi connectivity index (χ0v) is 11.0. The average Bonchev–Trinajstić information content (AvgIpc) is 2.81. The molecule has 0 radical (unpaired) electrons. The molecule has 0 fully saturated rings. The summed E-state index contributed by atoms with van der Waals surface area (Å²) in [5.74, 6) is 0.874. The zero-order chi connectivity index (χ0) is 11.4. The Balaban J connectivity index is 2.13. The molecule has 0 unspecified atom stereocenters. The third-order valence-electron chi connectivity index (χ3n) is 2.21. The molecule has 1 amide bonds. The van der Waals surface area contributed by atoms with E-state index in [1.54, 1.807) is 11.8 Å². The van der Waals surface area contributed by atoms with Crippen LogP contribution in [0.1, 0.15) is 15.9 Å². The molecule has 5 heteroatoms. The lowest BCUT2D eigenvalue weighted by Gasteiger charge is -2.07. The van der Waals surface area contributed by atoms with Crippen LogP contribution in [0.3, 0.4) is 0 Å². The van der Waals surface area contributed by atoms with Gasteiger partial charge in [0.25, 0.3) is 5.91 Å². The second kappa shape index (κ2) is 5.50. The fourth-order valence-electron chi connectivity index (χ4n) is 1.43. The standard InChI is InChI=1S/C11H11BrN2OS/c12-7-8-3-1-2-4-9(8)10(15)14-11-13-5-6-16-11/h1-4H,5-7H2,(H,13,14,15). The Morgan fingerprint density at radius 3 is 3.00 bits per heavy atom. The number of nitrogens with one attached hydrogen (secondary N) is 1. The maximum absolute atomic E-state index is 12.0. The van der Waals surface area contributed by atoms with E-state index in [4.69, 9.17) is 0 Å². The van der Waals surface area contributed by atoms with E-state index in [1.807, 2.05) is 24.3 Å². The lowest BCUT2D eigenvalue weighted by molar-refractivity contribution is 0.0977. The number of hydrogen-bond acceptors (Lipinski definition) is 3. The largest absolute Gasteiger partial charge is 0.301 e. The van der Waals surface area contributed by atoms with Gasteiger partial charge in [-0.1, -0.05) is 45.9 Å². The highest BCUT2D eigenvalue weighted by Gasteiger charge is 2.14. The Hall–Kier alpha value is -0.810. The van der Waals surface area contributed by atoms with Crippen LogP contribution >= 0.6 is 27.7 Å². The Morgan fingerprint density at radius 1 is 1.50 bits per heavy atom. The Morgan fingerprint density at radius 2 is 2.31 bits per heavy atom. The summed E-state index contributed by atoms with van der Waals surface area (Å²) in [6, 6.07) is 7.55. The molecule has 0 saturated heterocycles. The first-order valence-corrected chi connectivity index (χ1v) is 7.04. The smallest absolute Gasteiger partial charge is 0.257 e. The van der Waals surface area contributed by atoms with Crippen molar-refractivity contribution < 1.29 is 4.79 Å². The summed E-state index contributed by atoms with van der Waals surface area (Å²) in [5.41, 5.74) is 1.69. The maximum Gasteiger partial charge on any atom is 0.257 e. The second-order valence-corrected chi connectivity index (χ2v) is 4.92. The first-order chi connectivity index (χ1) is 7.81. The molecular formula is C11H11BrN2OS. The van der Waals surface area contributed by atoms with Gasteiger partial charge < -0.3 is 5.32 Å². The number of benzene rings is 1. The third kappa shape index (κ3) is 2.65. The number of nitrogens with zero attached hydrogens (tertiary/aromatic N) is 1. The summed E-state index contributed by atoms with van der Waals surface area (Å²) < 4.78 is 0. The van der Waals surface area contributed by atoms with Crippen LogP contribution in [0.5, 0.6) is 0 Å². The molecule has 1 aliphatic heterocycles. The van der Waals surface area contributed by atoms with Crippen molar-refractivity contribution in [3.05, 3.63) is 35.4 Å². The molecule has 16 heavy (non-hydrogen) atoms. The Kier molecular flexibility index (Phi) is 4.01. The van der Waals surface area contributed by atoms with Crippen LogP contribution in [-0.2, 0) is 5.33 Å². The highest BCUT2D eigenvalue weighted by Crippen LogP contribution is 2.14. The Labute approximate surface area is 107 Å². The van der Waals surface area contributed by atoms with E-state index in [9.17, 15) is 4.79 Å². The zero-order valence-electron chi connectivity index (χ0n) is 8.57. The predicted molar refractivity (Wildman–Crippen MR) is 71.3 cm³/mol. The van der Waals surface area contributed by atoms with E-state index in [1.165, 1.54) is 0 Å². The molecule has 1 aliphatic rings. The minimum Gasteiger partial charge on any atom is -0.301 e. The molecule has 0 aromatic heterocycles. The summed E-state index contributed by atoms with van der Waals surface area (Å²) in [7, 11) is 0. The van der Waals surface area contributed by atoms with Gasteiger partial charge in [0.05, 0.1) is 6.54 Å². The molecule has 0 spiro atoms. The van der Waals surface area contributed by atoms with Crippen LogP contribution in [0.2, 0.25) is 0 Å². The number of thioether (sulfide) groups is 1. The minimum atomic E-state index is -0.0804. The van der Waals surface area contributed by atoms with Crippen molar-refractivity contribution in [1.82, 2.24) is 5.32 Å². The van der Waals surface area contributed by atoms with Crippen molar-refractivity contribution in [3.63, 3.8) is 0 Å². The van der Waals surface area contributed by atoms with Crippen LogP contribution < -0.4 is 5.32 Å². The quantitative estimate of drug-likeness (QED) is 0.852. The first kappa shape index (κ1) is 11.7. The summed E-state index contributed by atoms with van der Waals surface area (Å²) in [6.45, 7) is 0.792. The van der Waals surface area contributed by atoms with Crippen molar-refractivity contribution >= 4 is 38.8 Å². The van der Waals surface area contributed by atoms with Crippen molar-refractivity contribution in [3.8, 4) is 0 Å². The molecule has 84 valence electrons. The molecule has 1 aromatic rings. The van der Waals surface area contributed by atoms with Gasteiger partial charge in [0.2, 0.25) is 0 Å². The van der Waals surface area contributed by atoms with Gasteiger partial charge in [0.1, 0.15) is 0 Å². The van der Waals surface area contributed by atoms with Crippen LogP contribution in [-0.4, -0.2) is 23.4 Å². The molecule has 1 N–H and O–H groups in total. The maximum atomic E-state index is 12.0. The van der Waals surface area contributed by atoms with E-state index >= 15 is 0 Å². The van der Waals surface area contributed by atoms with Crippen LogP contribution in [0.4, 0.5) is 0 Å². The number of amides is 1. The second-order valence-electron chi connectivity index (χ2n) is 3.28. The number of rotatable bonds is 2. The molecule has 0 bridgehead atoms. The first-order valence-electron chi connectivity index (χ1n) is 4.93. The van der Waals surface area contributed by atoms with Crippen molar-refractivity contribution in [2.75, 3.05) is 12.3 Å². The monoisotopic (exact) mass is 298 g/mol. The normalized spacial score (nSPS) is 14.7. The van der Waals surface area contributed by atoms with E-state index in [2.05, 4.69) is 26.2 Å². The van der Waals surface area contributed by atoms with Gasteiger partial charge in [0.15, 0.2) is 5.17 Å². The molecule has 3 nitrogen and oxygen atoms in total. The fraction of sp³-hybridized carbons (Fsp3) is 0.273. The topological polar surface area (TPSA) is 41.5 Å². The summed E-state index contributed by atoms with van der Waals surface area (Å²) in [4.78, 5) is 16.1. The number of alkyl halides is 1. The van der Waals surface area contributed by atoms with Crippen molar-refractivity contribution in [2.45, 2.75) is 5.33 Å². The molecule has 1 aromatic carbocycles. The third-order valence-corrected chi connectivity index (χ3v) is 3.71. The average molecular weight is 299 g/mol. The van der Waals surface area contributed by atoms with Crippen LogP contribution in [0.25, 0.3) is 0 Å². The van der Waals surface area contributed by atoms with E-state index in [0.29, 0.717) is 10.9 Å². The molecule has 0 aliphatic carbocycles. The molecule has 2 rings (SSSR count). The van der Waals surface area contributed by atoms with Gasteiger partial charge in [-0.2, -0.15) is 0 Å². The highest BCUT2D eigenvalue weighted by molar-refractivity contribution is 9.08. The van der Waals surface area contributed by atoms with Gasteiger partial charge in [-0.15, -0.1) is 0 Å². The lowest BCUT2D eigenvalue weighted by Crippen LogP contribution is -2.28. The minimum absolute atomic E-state index is 0.0804. The number of carbonyl (C=O) groups is 1. The molecular weight excluding hydrogens is 288 g/mol. The van der Waals surface area contributed by atoms with Crippen LogP contribution in [0, 0.1) is 0 Å². The number of hydrogen-bond donors (Lipinski definition) is 1. The van der Waals surface area contributed by atoms with Crippen molar-refractivity contribution in [1.29, 1.82) is 0 Å². The van der Waals surface area contributed by atoms with E-state index < -0.39 is 0 Å². The van der Waals surface area contributed by atoms with Gasteiger partial charge >= 0.3 is 0 Å². The summed E-state index contributed by atoms with van der Waals surface area (Å²) in [5, 5.41) is 4.23. The van der Waals surface area contributed by atoms with Crippen LogP contribution in [0.15, 0.2) is 29.3 Å². The molecule has 0 atom stereocenters. The van der Waals surface area contributed by atoms with Gasteiger partial charge in [-0.05, 0) is 11.6 Å². The molecule has 1 heterocycles. The highest BCUT2D eigenvalue weighted by atomic mass is 79.9. The van der Waals surface area contributed by atoms with Gasteiger partial charge in [0, 0.05) is 16.6 Å². The summed E-state index contributed by atoms with van der Waals surface area (Å²) in [6.07, 6.45) is 0. The lowest BCUT2D eigenvalue weighted by atomic mass is 10.1. The Bertz CT molecular complexity index is 434. The van der Waals surface area contributed by atoms with Gasteiger partial charge in [-0.25, -0.2) is 0 Å². The predicted octanol–water partition coefficient (Wildman–Crippen LogP) is 2.41. The molecule has 0 saturated carbocycles. The number of amidine groups is 1. The summed E-state index contributed by atoms with van der Waals surface area (Å²) >= 11 is 4.96. The number of carbonyl (C=O) groups excluding carboxylic acids is 1. The number of halogens is 1. The number of aliphatic imine (C=N–C) groups is 1. The SMILES string of the molecule is O=C(NC1=NCCS1)c1ccccc1CBr.